The number of rotatable bonds is 7. The molecule has 0 bridgehead atoms. The number of ether oxygens (including phenoxy) is 1. The summed E-state index contributed by atoms with van der Waals surface area (Å²) in [4.78, 5) is 18.8. The lowest BCUT2D eigenvalue weighted by atomic mass is 9.91. The van der Waals surface area contributed by atoms with E-state index in [1.165, 1.54) is 0 Å². The molecule has 3 rings (SSSR count). The zero-order valence-corrected chi connectivity index (χ0v) is 17.0. The van der Waals surface area contributed by atoms with Crippen molar-refractivity contribution in [3.63, 3.8) is 0 Å². The van der Waals surface area contributed by atoms with Crippen molar-refractivity contribution >= 4 is 18.3 Å². The molecule has 2 aliphatic rings. The van der Waals surface area contributed by atoms with Crippen LogP contribution in [0.15, 0.2) is 4.52 Å². The summed E-state index contributed by atoms with van der Waals surface area (Å²) in [5.41, 5.74) is 0.246. The van der Waals surface area contributed by atoms with Crippen molar-refractivity contribution < 1.29 is 14.1 Å². The Labute approximate surface area is 161 Å². The maximum Gasteiger partial charge on any atom is 0.246 e. The Morgan fingerprint density at radius 2 is 2.08 bits per heavy atom. The minimum Gasteiger partial charge on any atom is -0.370 e. The minimum absolute atomic E-state index is 0. The fraction of sp³-hybridized carbons (Fsp3) is 0.833. The summed E-state index contributed by atoms with van der Waals surface area (Å²) in [6, 6.07) is 0. The van der Waals surface area contributed by atoms with Crippen LogP contribution in [0.25, 0.3) is 0 Å². The monoisotopic (exact) mass is 386 g/mol. The van der Waals surface area contributed by atoms with Crippen LogP contribution in [-0.4, -0.2) is 47.7 Å². The highest BCUT2D eigenvalue weighted by molar-refractivity contribution is 5.85. The maximum atomic E-state index is 12.7. The third-order valence-corrected chi connectivity index (χ3v) is 5.36. The number of carbonyl (C=O) groups is 1. The van der Waals surface area contributed by atoms with E-state index in [0.717, 1.165) is 32.4 Å². The SMILES string of the molecule is CC(C)COC(C)c1noc(CN(C)C(=O)C2CC23CCNCC3)n1.Cl. The van der Waals surface area contributed by atoms with Crippen LogP contribution >= 0.6 is 12.4 Å². The van der Waals surface area contributed by atoms with Crippen molar-refractivity contribution in [3.8, 4) is 0 Å². The third kappa shape index (κ3) is 4.75. The summed E-state index contributed by atoms with van der Waals surface area (Å²) in [6.45, 7) is 9.17. The highest BCUT2D eigenvalue weighted by Gasteiger charge is 2.58. The van der Waals surface area contributed by atoms with Crippen molar-refractivity contribution in [2.45, 2.75) is 52.7 Å². The molecule has 1 aliphatic carbocycles. The zero-order valence-electron chi connectivity index (χ0n) is 16.2. The second kappa shape index (κ2) is 8.67. The quantitative estimate of drug-likeness (QED) is 0.775. The van der Waals surface area contributed by atoms with Gasteiger partial charge in [-0.2, -0.15) is 4.98 Å². The number of amides is 1. The van der Waals surface area contributed by atoms with Crippen LogP contribution in [0.4, 0.5) is 0 Å². The topological polar surface area (TPSA) is 80.5 Å². The second-order valence-electron chi connectivity index (χ2n) is 7.98. The van der Waals surface area contributed by atoms with Gasteiger partial charge in [0, 0.05) is 19.6 Å². The smallest absolute Gasteiger partial charge is 0.246 e. The van der Waals surface area contributed by atoms with E-state index < -0.39 is 0 Å². The first kappa shape index (κ1) is 21.1. The summed E-state index contributed by atoms with van der Waals surface area (Å²) < 4.78 is 11.0. The number of piperidine rings is 1. The largest absolute Gasteiger partial charge is 0.370 e. The molecule has 1 aromatic heterocycles. The molecule has 1 amide bonds. The average molecular weight is 387 g/mol. The van der Waals surface area contributed by atoms with Crippen LogP contribution in [0.1, 0.15) is 57.9 Å². The number of nitrogens with zero attached hydrogens (tertiary/aromatic N) is 3. The number of carbonyl (C=O) groups excluding carboxylic acids is 1. The maximum absolute atomic E-state index is 12.7. The van der Waals surface area contributed by atoms with Gasteiger partial charge in [0.2, 0.25) is 11.8 Å². The molecule has 1 aromatic rings. The van der Waals surface area contributed by atoms with Crippen molar-refractivity contribution in [2.24, 2.45) is 17.3 Å². The van der Waals surface area contributed by atoms with E-state index in [-0.39, 0.29) is 35.8 Å². The molecule has 0 radical (unpaired) electrons. The van der Waals surface area contributed by atoms with Gasteiger partial charge < -0.3 is 19.5 Å². The molecule has 26 heavy (non-hydrogen) atoms. The van der Waals surface area contributed by atoms with E-state index in [1.54, 1.807) is 4.90 Å². The fourth-order valence-corrected chi connectivity index (χ4v) is 3.63. The van der Waals surface area contributed by atoms with Crippen LogP contribution in [0, 0.1) is 17.3 Å². The van der Waals surface area contributed by atoms with Crippen molar-refractivity contribution in [2.75, 3.05) is 26.7 Å². The van der Waals surface area contributed by atoms with Gasteiger partial charge >= 0.3 is 0 Å². The molecule has 2 fully saturated rings. The lowest BCUT2D eigenvalue weighted by Gasteiger charge is -2.24. The Morgan fingerprint density at radius 3 is 2.73 bits per heavy atom. The first-order chi connectivity index (χ1) is 11.9. The number of hydrogen-bond donors (Lipinski definition) is 1. The van der Waals surface area contributed by atoms with Crippen molar-refractivity contribution in [3.05, 3.63) is 11.7 Å². The van der Waals surface area contributed by atoms with Gasteiger partial charge in [0.1, 0.15) is 6.10 Å². The lowest BCUT2D eigenvalue weighted by molar-refractivity contribution is -0.133. The van der Waals surface area contributed by atoms with Crippen LogP contribution in [0.3, 0.4) is 0 Å². The first-order valence-electron chi connectivity index (χ1n) is 9.31. The van der Waals surface area contributed by atoms with Crippen LogP contribution in [0.5, 0.6) is 0 Å². The van der Waals surface area contributed by atoms with Crippen LogP contribution in [0.2, 0.25) is 0 Å². The number of hydrogen-bond acceptors (Lipinski definition) is 6. The highest BCUT2D eigenvalue weighted by Crippen LogP contribution is 2.59. The van der Waals surface area contributed by atoms with E-state index in [9.17, 15) is 4.79 Å². The van der Waals surface area contributed by atoms with Gasteiger partial charge in [-0.25, -0.2) is 0 Å². The molecule has 1 N–H and O–H groups in total. The summed E-state index contributed by atoms with van der Waals surface area (Å²) in [5, 5.41) is 7.36. The molecule has 7 nitrogen and oxygen atoms in total. The standard InChI is InChI=1S/C18H30N4O3.ClH/c1-12(2)11-24-13(3)16-20-15(25-21-16)10-22(4)17(23)14-9-18(14)5-7-19-8-6-18;/h12-14,19H,5-11H2,1-4H3;1H. The van der Waals surface area contributed by atoms with Gasteiger partial charge in [-0.1, -0.05) is 19.0 Å². The van der Waals surface area contributed by atoms with E-state index in [2.05, 4.69) is 29.3 Å². The van der Waals surface area contributed by atoms with E-state index >= 15 is 0 Å². The van der Waals surface area contributed by atoms with Gasteiger partial charge in [0.15, 0.2) is 5.82 Å². The molecule has 2 heterocycles. The Kier molecular flexibility index (Phi) is 7.05. The zero-order chi connectivity index (χ0) is 18.0. The van der Waals surface area contributed by atoms with Gasteiger partial charge in [-0.3, -0.25) is 4.79 Å². The number of halogens is 1. The summed E-state index contributed by atoms with van der Waals surface area (Å²) >= 11 is 0. The molecule has 8 heteroatoms. The molecule has 2 unspecified atom stereocenters. The molecule has 1 saturated heterocycles. The molecule has 1 spiro atoms. The second-order valence-corrected chi connectivity index (χ2v) is 7.98. The van der Waals surface area contributed by atoms with Crippen LogP contribution < -0.4 is 5.32 Å². The van der Waals surface area contributed by atoms with Crippen LogP contribution in [-0.2, 0) is 16.1 Å². The molecule has 148 valence electrons. The van der Waals surface area contributed by atoms with E-state index in [0.29, 0.717) is 30.8 Å². The van der Waals surface area contributed by atoms with Gasteiger partial charge in [-0.05, 0) is 50.6 Å². The Bertz CT molecular complexity index is 601. The summed E-state index contributed by atoms with van der Waals surface area (Å²) in [6.07, 6.45) is 3.02. The Morgan fingerprint density at radius 1 is 1.38 bits per heavy atom. The summed E-state index contributed by atoms with van der Waals surface area (Å²) in [5.74, 6) is 1.82. The Balaban J connectivity index is 0.00000243. The van der Waals surface area contributed by atoms with E-state index in [4.69, 9.17) is 9.26 Å². The normalized spacial score (nSPS) is 22.1. The number of nitrogens with one attached hydrogen (secondary N) is 1. The fourth-order valence-electron chi connectivity index (χ4n) is 3.63. The third-order valence-electron chi connectivity index (χ3n) is 5.36. The molecule has 1 saturated carbocycles. The average Bonchev–Trinajstić information content (AvgIpc) is 3.05. The lowest BCUT2D eigenvalue weighted by Crippen LogP contribution is -2.34. The van der Waals surface area contributed by atoms with Crippen molar-refractivity contribution in [1.82, 2.24) is 20.4 Å². The summed E-state index contributed by atoms with van der Waals surface area (Å²) in [7, 11) is 1.82. The molecular weight excluding hydrogens is 356 g/mol. The first-order valence-corrected chi connectivity index (χ1v) is 9.31. The number of aromatic nitrogens is 2. The van der Waals surface area contributed by atoms with Gasteiger partial charge in [-0.15, -0.1) is 12.4 Å². The molecule has 0 aromatic carbocycles. The predicted octanol–water partition coefficient (Wildman–Crippen LogP) is 2.57. The predicted molar refractivity (Wildman–Crippen MR) is 99.9 cm³/mol. The highest BCUT2D eigenvalue weighted by atomic mass is 35.5. The minimum atomic E-state index is -0.206. The molecule has 1 aliphatic heterocycles. The van der Waals surface area contributed by atoms with Gasteiger partial charge in [0.05, 0.1) is 6.54 Å². The van der Waals surface area contributed by atoms with Gasteiger partial charge in [0.25, 0.3) is 0 Å². The van der Waals surface area contributed by atoms with E-state index in [1.807, 2.05) is 14.0 Å². The molecule has 2 atom stereocenters. The molecular formula is C18H31ClN4O3. The van der Waals surface area contributed by atoms with Crippen molar-refractivity contribution in [1.29, 1.82) is 0 Å². The Hall–Kier alpha value is -1.18.